The van der Waals surface area contributed by atoms with Crippen LogP contribution >= 0.6 is 0 Å². The molecule has 4 nitrogen and oxygen atoms in total. The minimum absolute atomic E-state index is 0.283. The molecule has 0 radical (unpaired) electrons. The Morgan fingerprint density at radius 1 is 1.24 bits per heavy atom. The minimum atomic E-state index is 0.283. The number of hydrogen-bond donors (Lipinski definition) is 1. The Bertz CT molecular complexity index is 441. The number of carbonyl (C=O) groups excluding carboxylic acids is 1. The average Bonchev–Trinajstić information content (AvgIpc) is 3.34. The van der Waals surface area contributed by atoms with Crippen molar-refractivity contribution < 1.29 is 9.53 Å². The summed E-state index contributed by atoms with van der Waals surface area (Å²) in [5.41, 5.74) is 6.65. The number of methoxy groups -OCH3 is 1. The summed E-state index contributed by atoms with van der Waals surface area (Å²) in [6.45, 7) is 1.43. The number of nitrogens with two attached hydrogens (primary N) is 1. The number of benzene rings is 1. The zero-order valence-electron chi connectivity index (χ0n) is 12.9. The van der Waals surface area contributed by atoms with Crippen molar-refractivity contribution in [3.63, 3.8) is 0 Å². The Morgan fingerprint density at radius 2 is 1.95 bits per heavy atom. The molecular weight excluding hydrogens is 264 g/mol. The Labute approximate surface area is 127 Å². The SMILES string of the molecule is COc1ccc(CN(C(=O)CCCCCN)C2CC2)cc1. The molecule has 0 atom stereocenters. The van der Waals surface area contributed by atoms with Crippen LogP contribution in [0.5, 0.6) is 5.75 Å². The van der Waals surface area contributed by atoms with Crippen LogP contribution in [-0.4, -0.2) is 30.5 Å². The van der Waals surface area contributed by atoms with Gasteiger partial charge in [0.25, 0.3) is 0 Å². The van der Waals surface area contributed by atoms with Gasteiger partial charge in [0.2, 0.25) is 5.91 Å². The first-order valence-electron chi connectivity index (χ1n) is 7.87. The van der Waals surface area contributed by atoms with Gasteiger partial charge in [-0.1, -0.05) is 18.6 Å². The van der Waals surface area contributed by atoms with Crippen LogP contribution in [0.2, 0.25) is 0 Å². The van der Waals surface area contributed by atoms with E-state index in [0.29, 0.717) is 25.6 Å². The topological polar surface area (TPSA) is 55.6 Å². The normalized spacial score (nSPS) is 14.0. The van der Waals surface area contributed by atoms with E-state index in [1.807, 2.05) is 29.2 Å². The monoisotopic (exact) mass is 290 g/mol. The molecule has 0 heterocycles. The van der Waals surface area contributed by atoms with Gasteiger partial charge in [-0.05, 0) is 49.9 Å². The van der Waals surface area contributed by atoms with Crippen molar-refractivity contribution in [1.29, 1.82) is 0 Å². The fraction of sp³-hybridized carbons (Fsp3) is 0.588. The van der Waals surface area contributed by atoms with Crippen LogP contribution in [0.3, 0.4) is 0 Å². The number of ether oxygens (including phenoxy) is 1. The lowest BCUT2D eigenvalue weighted by Crippen LogP contribution is -2.32. The zero-order chi connectivity index (χ0) is 15.1. The molecule has 1 saturated carbocycles. The van der Waals surface area contributed by atoms with Crippen LogP contribution in [0, 0.1) is 0 Å². The summed E-state index contributed by atoms with van der Waals surface area (Å²) in [5, 5.41) is 0. The quantitative estimate of drug-likeness (QED) is 0.711. The largest absolute Gasteiger partial charge is 0.497 e. The molecule has 116 valence electrons. The van der Waals surface area contributed by atoms with E-state index in [4.69, 9.17) is 10.5 Å². The maximum absolute atomic E-state index is 12.4. The highest BCUT2D eigenvalue weighted by molar-refractivity contribution is 5.76. The van der Waals surface area contributed by atoms with Crippen molar-refractivity contribution in [3.05, 3.63) is 29.8 Å². The molecule has 1 aromatic rings. The van der Waals surface area contributed by atoms with Gasteiger partial charge in [0.1, 0.15) is 5.75 Å². The van der Waals surface area contributed by atoms with Gasteiger partial charge in [-0.3, -0.25) is 4.79 Å². The standard InChI is InChI=1S/C17H26N2O2/c1-21-16-10-6-14(7-11-16)13-19(15-8-9-15)17(20)5-3-2-4-12-18/h6-7,10-11,15H,2-5,8-9,12-13,18H2,1H3. The summed E-state index contributed by atoms with van der Waals surface area (Å²) < 4.78 is 5.17. The average molecular weight is 290 g/mol. The molecule has 0 saturated heterocycles. The minimum Gasteiger partial charge on any atom is -0.497 e. The summed E-state index contributed by atoms with van der Waals surface area (Å²) in [6.07, 6.45) is 5.93. The zero-order valence-corrected chi connectivity index (χ0v) is 12.9. The van der Waals surface area contributed by atoms with E-state index >= 15 is 0 Å². The molecular formula is C17H26N2O2. The molecule has 21 heavy (non-hydrogen) atoms. The van der Waals surface area contributed by atoms with Crippen molar-refractivity contribution in [3.8, 4) is 5.75 Å². The number of nitrogens with zero attached hydrogens (tertiary/aromatic N) is 1. The predicted octanol–water partition coefficient (Wildman–Crippen LogP) is 2.71. The van der Waals surface area contributed by atoms with E-state index in [1.165, 1.54) is 0 Å². The van der Waals surface area contributed by atoms with Crippen LogP contribution in [0.25, 0.3) is 0 Å². The Balaban J connectivity index is 1.87. The molecule has 2 rings (SSSR count). The highest BCUT2D eigenvalue weighted by atomic mass is 16.5. The van der Waals surface area contributed by atoms with E-state index in [-0.39, 0.29) is 5.91 Å². The van der Waals surface area contributed by atoms with Crippen molar-refractivity contribution in [1.82, 2.24) is 4.90 Å². The summed E-state index contributed by atoms with van der Waals surface area (Å²) in [7, 11) is 1.66. The highest BCUT2D eigenvalue weighted by Crippen LogP contribution is 2.29. The fourth-order valence-electron chi connectivity index (χ4n) is 2.48. The van der Waals surface area contributed by atoms with Crippen LogP contribution in [0.4, 0.5) is 0 Å². The number of amides is 1. The fourth-order valence-corrected chi connectivity index (χ4v) is 2.48. The van der Waals surface area contributed by atoms with E-state index in [0.717, 1.165) is 43.4 Å². The second-order valence-corrected chi connectivity index (χ2v) is 5.70. The van der Waals surface area contributed by atoms with Gasteiger partial charge in [0.05, 0.1) is 7.11 Å². The molecule has 1 amide bonds. The lowest BCUT2D eigenvalue weighted by molar-refractivity contribution is -0.132. The molecule has 0 spiro atoms. The van der Waals surface area contributed by atoms with Crippen LogP contribution in [0.1, 0.15) is 44.1 Å². The second kappa shape index (κ2) is 8.03. The van der Waals surface area contributed by atoms with Crippen LogP contribution in [-0.2, 0) is 11.3 Å². The number of unbranched alkanes of at least 4 members (excludes halogenated alkanes) is 2. The third-order valence-corrected chi connectivity index (χ3v) is 3.91. The van der Waals surface area contributed by atoms with Gasteiger partial charge in [-0.15, -0.1) is 0 Å². The first kappa shape index (κ1) is 15.8. The third kappa shape index (κ3) is 5.05. The third-order valence-electron chi connectivity index (χ3n) is 3.91. The summed E-state index contributed by atoms with van der Waals surface area (Å²) in [4.78, 5) is 14.4. The molecule has 1 fully saturated rings. The van der Waals surface area contributed by atoms with Gasteiger partial charge in [0, 0.05) is 19.0 Å². The molecule has 0 aliphatic heterocycles. The molecule has 1 aliphatic rings. The van der Waals surface area contributed by atoms with E-state index in [1.54, 1.807) is 7.11 Å². The maximum Gasteiger partial charge on any atom is 0.223 e. The van der Waals surface area contributed by atoms with Gasteiger partial charge in [-0.2, -0.15) is 0 Å². The molecule has 2 N–H and O–H groups in total. The van der Waals surface area contributed by atoms with Crippen LogP contribution < -0.4 is 10.5 Å². The Hall–Kier alpha value is -1.55. The molecule has 1 aliphatic carbocycles. The smallest absolute Gasteiger partial charge is 0.223 e. The van der Waals surface area contributed by atoms with E-state index < -0.39 is 0 Å². The lowest BCUT2D eigenvalue weighted by atomic mass is 10.1. The summed E-state index contributed by atoms with van der Waals surface area (Å²) >= 11 is 0. The van der Waals surface area contributed by atoms with E-state index in [2.05, 4.69) is 0 Å². The summed E-state index contributed by atoms with van der Waals surface area (Å²) in [5.74, 6) is 1.13. The number of carbonyl (C=O) groups is 1. The van der Waals surface area contributed by atoms with Gasteiger partial charge < -0.3 is 15.4 Å². The Morgan fingerprint density at radius 3 is 2.52 bits per heavy atom. The van der Waals surface area contributed by atoms with Gasteiger partial charge >= 0.3 is 0 Å². The first-order chi connectivity index (χ1) is 10.2. The van der Waals surface area contributed by atoms with Crippen molar-refractivity contribution in [2.45, 2.75) is 51.1 Å². The van der Waals surface area contributed by atoms with Crippen molar-refractivity contribution >= 4 is 5.91 Å². The lowest BCUT2D eigenvalue weighted by Gasteiger charge is -2.23. The highest BCUT2D eigenvalue weighted by Gasteiger charge is 2.32. The summed E-state index contributed by atoms with van der Waals surface area (Å²) in [6, 6.07) is 8.43. The molecule has 0 bridgehead atoms. The predicted molar refractivity (Wildman–Crippen MR) is 84.1 cm³/mol. The molecule has 0 unspecified atom stereocenters. The Kier molecular flexibility index (Phi) is 6.05. The number of hydrogen-bond acceptors (Lipinski definition) is 3. The molecule has 1 aromatic carbocycles. The van der Waals surface area contributed by atoms with Gasteiger partial charge in [-0.25, -0.2) is 0 Å². The molecule has 0 aromatic heterocycles. The number of rotatable bonds is 9. The van der Waals surface area contributed by atoms with Gasteiger partial charge in [0.15, 0.2) is 0 Å². The molecule has 4 heteroatoms. The second-order valence-electron chi connectivity index (χ2n) is 5.70. The first-order valence-corrected chi connectivity index (χ1v) is 7.87. The van der Waals surface area contributed by atoms with Crippen molar-refractivity contribution in [2.24, 2.45) is 5.73 Å². The van der Waals surface area contributed by atoms with Crippen molar-refractivity contribution in [2.75, 3.05) is 13.7 Å². The van der Waals surface area contributed by atoms with Crippen LogP contribution in [0.15, 0.2) is 24.3 Å². The maximum atomic E-state index is 12.4. The van der Waals surface area contributed by atoms with E-state index in [9.17, 15) is 4.79 Å².